The minimum Gasteiger partial charge on any atom is -0.477 e. The second kappa shape index (κ2) is 9.03. The van der Waals surface area contributed by atoms with Gasteiger partial charge >= 0.3 is 12.1 Å². The molecule has 7 nitrogen and oxygen atoms in total. The molecule has 0 radical (unpaired) electrons. The Morgan fingerprint density at radius 3 is 2.77 bits per heavy atom. The lowest BCUT2D eigenvalue weighted by Crippen LogP contribution is -2.33. The molecule has 2 aromatic heterocycles. The first-order valence-electron chi connectivity index (χ1n) is 9.72. The number of ether oxygens (including phenoxy) is 1. The van der Waals surface area contributed by atoms with Crippen LogP contribution in [-0.4, -0.2) is 56.6 Å². The normalized spacial score (nSPS) is 23.5. The van der Waals surface area contributed by atoms with Crippen LogP contribution >= 0.6 is 0 Å². The Morgan fingerprint density at radius 1 is 1.40 bits per heavy atom. The number of aryl methyl sites for hydroxylation is 1. The second-order valence-corrected chi connectivity index (χ2v) is 7.90. The average Bonchev–Trinajstić information content (AvgIpc) is 3.35. The maximum absolute atomic E-state index is 10.6. The minimum absolute atomic E-state index is 0.305. The first-order chi connectivity index (χ1) is 14.2. The fourth-order valence-corrected chi connectivity index (χ4v) is 4.34. The molecule has 4 rings (SSSR count). The fourth-order valence-electron chi connectivity index (χ4n) is 4.34. The van der Waals surface area contributed by atoms with E-state index in [9.17, 15) is 13.2 Å². The highest BCUT2D eigenvalue weighted by Gasteiger charge is 2.49. The molecule has 3 heterocycles. The number of aliphatic carboxylic acids is 1. The van der Waals surface area contributed by atoms with Gasteiger partial charge in [0.1, 0.15) is 0 Å². The molecule has 1 N–H and O–H groups in total. The van der Waals surface area contributed by atoms with Crippen LogP contribution in [0.4, 0.5) is 13.2 Å². The van der Waals surface area contributed by atoms with Gasteiger partial charge < -0.3 is 9.84 Å². The number of hydrogen-bond acceptors (Lipinski definition) is 5. The zero-order chi connectivity index (χ0) is 21.8. The number of hydrogen-bond donors (Lipinski definition) is 1. The lowest BCUT2D eigenvalue weighted by molar-refractivity contribution is -0.192. The Morgan fingerprint density at radius 2 is 2.17 bits per heavy atom. The van der Waals surface area contributed by atoms with E-state index in [1.165, 1.54) is 31.4 Å². The van der Waals surface area contributed by atoms with Crippen molar-refractivity contribution < 1.29 is 27.8 Å². The van der Waals surface area contributed by atoms with E-state index in [-0.39, 0.29) is 0 Å². The van der Waals surface area contributed by atoms with Crippen molar-refractivity contribution in [2.45, 2.75) is 32.0 Å². The highest BCUT2D eigenvalue weighted by atomic mass is 19.4. The number of nitrogens with zero attached hydrogens (tertiary/aromatic N) is 4. The molecule has 2 aliphatic rings. The summed E-state index contributed by atoms with van der Waals surface area (Å²) in [5.74, 6) is -1.26. The molecule has 2 atom stereocenters. The van der Waals surface area contributed by atoms with Crippen LogP contribution in [-0.2, 0) is 18.4 Å². The SMILES string of the molecule is Cn1cc(CN2C[C@H]3CCC[C@@]3(COc3ccccn3)C2)cn1.O=C(O)C(F)(F)F. The van der Waals surface area contributed by atoms with Crippen molar-refractivity contribution in [3.8, 4) is 5.88 Å². The number of carboxylic acids is 1. The van der Waals surface area contributed by atoms with Crippen molar-refractivity contribution >= 4 is 5.97 Å². The number of pyridine rings is 1. The van der Waals surface area contributed by atoms with Crippen molar-refractivity contribution in [1.29, 1.82) is 0 Å². The minimum atomic E-state index is -5.08. The van der Waals surface area contributed by atoms with Crippen LogP contribution in [0, 0.1) is 11.3 Å². The van der Waals surface area contributed by atoms with Crippen molar-refractivity contribution in [3.05, 3.63) is 42.4 Å². The predicted molar refractivity (Wildman–Crippen MR) is 102 cm³/mol. The molecule has 0 unspecified atom stereocenters. The summed E-state index contributed by atoms with van der Waals surface area (Å²) in [6, 6.07) is 5.85. The number of aromatic nitrogens is 3. The molecule has 0 aromatic carbocycles. The Balaban J connectivity index is 0.000000318. The van der Waals surface area contributed by atoms with Crippen LogP contribution in [0.15, 0.2) is 36.8 Å². The van der Waals surface area contributed by atoms with Gasteiger partial charge in [-0.2, -0.15) is 18.3 Å². The number of likely N-dealkylation sites (tertiary alicyclic amines) is 1. The van der Waals surface area contributed by atoms with Gasteiger partial charge in [-0.05, 0) is 24.8 Å². The summed E-state index contributed by atoms with van der Waals surface area (Å²) < 4.78 is 39.7. The molecule has 10 heteroatoms. The monoisotopic (exact) mass is 426 g/mol. The van der Waals surface area contributed by atoms with E-state index in [1.54, 1.807) is 6.20 Å². The van der Waals surface area contributed by atoms with Crippen molar-refractivity contribution in [2.24, 2.45) is 18.4 Å². The van der Waals surface area contributed by atoms with Crippen LogP contribution in [0.3, 0.4) is 0 Å². The van der Waals surface area contributed by atoms with Crippen molar-refractivity contribution in [1.82, 2.24) is 19.7 Å². The van der Waals surface area contributed by atoms with Gasteiger partial charge in [-0.25, -0.2) is 9.78 Å². The number of rotatable bonds is 5. The largest absolute Gasteiger partial charge is 0.490 e. The zero-order valence-electron chi connectivity index (χ0n) is 16.7. The van der Waals surface area contributed by atoms with E-state index in [2.05, 4.69) is 21.2 Å². The lowest BCUT2D eigenvalue weighted by Gasteiger charge is -2.28. The standard InChI is InChI=1S/C18H24N4O.C2HF3O2/c1-21-10-15(9-20-21)11-22-12-16-5-4-7-18(16,13-22)14-23-17-6-2-3-8-19-17;3-2(4,5)1(6)7/h2-3,6,8-10,16H,4-5,7,11-14H2,1H3;(H,6,7)/t16-,18+;/m1./s1. The maximum Gasteiger partial charge on any atom is 0.490 e. The Kier molecular flexibility index (Phi) is 6.64. The number of alkyl halides is 3. The van der Waals surface area contributed by atoms with Crippen molar-refractivity contribution in [2.75, 3.05) is 19.7 Å². The third-order valence-electron chi connectivity index (χ3n) is 5.66. The van der Waals surface area contributed by atoms with E-state index in [4.69, 9.17) is 14.6 Å². The number of carboxylic acid groups (broad SMARTS) is 1. The molecular formula is C20H25F3N4O3. The van der Waals surface area contributed by atoms with Gasteiger partial charge in [0, 0.05) is 56.1 Å². The summed E-state index contributed by atoms with van der Waals surface area (Å²) in [7, 11) is 1.98. The van der Waals surface area contributed by atoms with Crippen molar-refractivity contribution in [3.63, 3.8) is 0 Å². The van der Waals surface area contributed by atoms with Gasteiger partial charge in [0.05, 0.1) is 12.8 Å². The number of fused-ring (bicyclic) bond motifs is 1. The Labute approximate surface area is 172 Å². The number of carbonyl (C=O) groups is 1. The predicted octanol–water partition coefficient (Wildman–Crippen LogP) is 3.13. The Hall–Kier alpha value is -2.62. The summed E-state index contributed by atoms with van der Waals surface area (Å²) in [5, 5.41) is 11.4. The van der Waals surface area contributed by atoms with E-state index in [0.717, 1.165) is 31.5 Å². The molecule has 0 bridgehead atoms. The highest BCUT2D eigenvalue weighted by molar-refractivity contribution is 5.73. The molecule has 1 saturated heterocycles. The second-order valence-electron chi connectivity index (χ2n) is 7.90. The summed E-state index contributed by atoms with van der Waals surface area (Å²) in [4.78, 5) is 15.8. The molecule has 164 valence electrons. The molecule has 1 aliphatic carbocycles. The molecule has 2 fully saturated rings. The summed E-state index contributed by atoms with van der Waals surface area (Å²) >= 11 is 0. The van der Waals surface area contributed by atoms with Gasteiger partial charge in [0.2, 0.25) is 5.88 Å². The fraction of sp³-hybridized carbons (Fsp3) is 0.550. The smallest absolute Gasteiger partial charge is 0.477 e. The topological polar surface area (TPSA) is 80.5 Å². The van der Waals surface area contributed by atoms with E-state index >= 15 is 0 Å². The van der Waals surface area contributed by atoms with Crippen LogP contribution in [0.1, 0.15) is 24.8 Å². The summed E-state index contributed by atoms with van der Waals surface area (Å²) in [6.45, 7) is 4.09. The molecule has 1 saturated carbocycles. The van der Waals surface area contributed by atoms with Crippen LogP contribution in [0.2, 0.25) is 0 Å². The number of halogens is 3. The summed E-state index contributed by atoms with van der Waals surface area (Å²) in [6.07, 6.45) is 4.74. The van der Waals surface area contributed by atoms with Crippen LogP contribution in [0.25, 0.3) is 0 Å². The molecule has 0 spiro atoms. The lowest BCUT2D eigenvalue weighted by atomic mass is 9.81. The third kappa shape index (κ3) is 5.50. The van der Waals surface area contributed by atoms with Gasteiger partial charge in [-0.3, -0.25) is 9.58 Å². The van der Waals surface area contributed by atoms with E-state index in [0.29, 0.717) is 5.41 Å². The molecule has 1 aliphatic heterocycles. The zero-order valence-corrected chi connectivity index (χ0v) is 16.7. The van der Waals surface area contributed by atoms with Crippen LogP contribution < -0.4 is 4.74 Å². The molecule has 0 amide bonds. The van der Waals surface area contributed by atoms with Gasteiger partial charge in [-0.15, -0.1) is 0 Å². The molecule has 30 heavy (non-hydrogen) atoms. The van der Waals surface area contributed by atoms with E-state index < -0.39 is 12.1 Å². The Bertz CT molecular complexity index is 843. The highest BCUT2D eigenvalue weighted by Crippen LogP contribution is 2.49. The quantitative estimate of drug-likeness (QED) is 0.791. The molecular weight excluding hydrogens is 401 g/mol. The van der Waals surface area contributed by atoms with Gasteiger partial charge in [-0.1, -0.05) is 12.5 Å². The maximum atomic E-state index is 10.6. The summed E-state index contributed by atoms with van der Waals surface area (Å²) in [5.41, 5.74) is 1.60. The van der Waals surface area contributed by atoms with E-state index in [1.807, 2.05) is 36.1 Å². The van der Waals surface area contributed by atoms with Gasteiger partial charge in [0.25, 0.3) is 0 Å². The third-order valence-corrected chi connectivity index (χ3v) is 5.66. The van der Waals surface area contributed by atoms with Crippen LogP contribution in [0.5, 0.6) is 5.88 Å². The first-order valence-corrected chi connectivity index (χ1v) is 9.72. The first kappa shape index (κ1) is 22.1. The average molecular weight is 426 g/mol. The van der Waals surface area contributed by atoms with Gasteiger partial charge in [0.15, 0.2) is 0 Å². The molecule has 2 aromatic rings.